The van der Waals surface area contributed by atoms with Crippen LogP contribution in [0.5, 0.6) is 0 Å². The van der Waals surface area contributed by atoms with Crippen molar-refractivity contribution in [3.05, 3.63) is 0 Å². The lowest BCUT2D eigenvalue weighted by Gasteiger charge is -2.39. The second kappa shape index (κ2) is 7.92. The highest BCUT2D eigenvalue weighted by atomic mass is 32.2. The molecule has 0 unspecified atom stereocenters. The molecule has 0 radical (unpaired) electrons. The SMILES string of the molecule is CSCC[C@H](NC(=O)N1CCC(C(C)(C)C)CC1)C(=O)O. The molecule has 1 heterocycles. The number of likely N-dealkylation sites (tertiary alicyclic amines) is 1. The lowest BCUT2D eigenvalue weighted by atomic mass is 9.75. The Bertz CT molecular complexity index is 360. The Hall–Kier alpha value is -0.910. The number of thioether (sulfide) groups is 1. The van der Waals surface area contributed by atoms with E-state index in [1.807, 2.05) is 6.26 Å². The summed E-state index contributed by atoms with van der Waals surface area (Å²) in [5, 5.41) is 11.8. The number of aliphatic carboxylic acids is 1. The summed E-state index contributed by atoms with van der Waals surface area (Å²) < 4.78 is 0. The van der Waals surface area contributed by atoms with Gasteiger partial charge in [0.15, 0.2) is 0 Å². The minimum Gasteiger partial charge on any atom is -0.480 e. The fraction of sp³-hybridized carbons (Fsp3) is 0.867. The number of carbonyl (C=O) groups is 2. The van der Waals surface area contributed by atoms with Crippen LogP contribution in [-0.4, -0.2) is 53.1 Å². The second-order valence-corrected chi connectivity index (χ2v) is 7.73. The average molecular weight is 316 g/mol. The Kier molecular flexibility index (Phi) is 6.84. The molecule has 0 spiro atoms. The van der Waals surface area contributed by atoms with E-state index in [0.29, 0.717) is 25.4 Å². The number of hydrogen-bond acceptors (Lipinski definition) is 3. The van der Waals surface area contributed by atoms with Crippen molar-refractivity contribution in [2.75, 3.05) is 25.1 Å². The molecule has 0 aliphatic carbocycles. The standard InChI is InChI=1S/C15H28N2O3S/c1-15(2,3)11-5-8-17(9-6-11)14(20)16-12(13(18)19)7-10-21-4/h11-12H,5-10H2,1-4H3,(H,16,20)(H,18,19)/t12-/m0/s1. The zero-order valence-corrected chi connectivity index (χ0v) is 14.3. The number of nitrogens with zero attached hydrogens (tertiary/aromatic N) is 1. The van der Waals surface area contributed by atoms with E-state index < -0.39 is 12.0 Å². The van der Waals surface area contributed by atoms with Gasteiger partial charge in [0.2, 0.25) is 0 Å². The van der Waals surface area contributed by atoms with Gasteiger partial charge in [-0.2, -0.15) is 11.8 Å². The molecule has 1 fully saturated rings. The van der Waals surface area contributed by atoms with Crippen LogP contribution in [0.15, 0.2) is 0 Å². The zero-order chi connectivity index (χ0) is 16.0. The summed E-state index contributed by atoms with van der Waals surface area (Å²) in [5.41, 5.74) is 0.268. The number of urea groups is 1. The van der Waals surface area contributed by atoms with Crippen molar-refractivity contribution in [1.29, 1.82) is 0 Å². The van der Waals surface area contributed by atoms with E-state index in [2.05, 4.69) is 26.1 Å². The molecular formula is C15H28N2O3S. The predicted octanol–water partition coefficient (Wildman–Crippen LogP) is 2.66. The van der Waals surface area contributed by atoms with Crippen LogP contribution in [0.4, 0.5) is 4.79 Å². The molecule has 2 N–H and O–H groups in total. The lowest BCUT2D eigenvalue weighted by Crippen LogP contribution is -2.51. The van der Waals surface area contributed by atoms with Gasteiger partial charge in [0, 0.05) is 13.1 Å². The van der Waals surface area contributed by atoms with Gasteiger partial charge in [-0.3, -0.25) is 0 Å². The monoisotopic (exact) mass is 316 g/mol. The molecule has 0 bridgehead atoms. The molecular weight excluding hydrogens is 288 g/mol. The summed E-state index contributed by atoms with van der Waals surface area (Å²) in [4.78, 5) is 25.1. The van der Waals surface area contributed by atoms with Gasteiger partial charge in [0.1, 0.15) is 6.04 Å². The van der Waals surface area contributed by atoms with Gasteiger partial charge < -0.3 is 15.3 Å². The van der Waals surface area contributed by atoms with Crippen LogP contribution in [0.2, 0.25) is 0 Å². The number of piperidine rings is 1. The van der Waals surface area contributed by atoms with Crippen molar-refractivity contribution in [2.24, 2.45) is 11.3 Å². The van der Waals surface area contributed by atoms with Gasteiger partial charge in [-0.15, -0.1) is 0 Å². The summed E-state index contributed by atoms with van der Waals surface area (Å²) in [6.45, 7) is 8.12. The van der Waals surface area contributed by atoms with E-state index >= 15 is 0 Å². The van der Waals surface area contributed by atoms with Crippen LogP contribution >= 0.6 is 11.8 Å². The van der Waals surface area contributed by atoms with Crippen LogP contribution in [-0.2, 0) is 4.79 Å². The molecule has 1 rings (SSSR count). The summed E-state index contributed by atoms with van der Waals surface area (Å²) in [5.74, 6) is 0.388. The summed E-state index contributed by atoms with van der Waals surface area (Å²) in [6.07, 6.45) is 4.36. The fourth-order valence-corrected chi connectivity index (χ4v) is 3.15. The first kappa shape index (κ1) is 18.1. The quantitative estimate of drug-likeness (QED) is 0.818. The molecule has 122 valence electrons. The zero-order valence-electron chi connectivity index (χ0n) is 13.5. The van der Waals surface area contributed by atoms with E-state index in [4.69, 9.17) is 5.11 Å². The van der Waals surface area contributed by atoms with Crippen molar-refractivity contribution < 1.29 is 14.7 Å². The maximum absolute atomic E-state index is 12.2. The topological polar surface area (TPSA) is 69.6 Å². The maximum Gasteiger partial charge on any atom is 0.326 e. The first-order valence-corrected chi connectivity index (χ1v) is 8.92. The van der Waals surface area contributed by atoms with E-state index in [-0.39, 0.29) is 11.4 Å². The van der Waals surface area contributed by atoms with Crippen LogP contribution in [0.25, 0.3) is 0 Å². The molecule has 0 saturated carbocycles. The molecule has 0 aromatic heterocycles. The minimum atomic E-state index is -0.957. The molecule has 6 heteroatoms. The smallest absolute Gasteiger partial charge is 0.326 e. The summed E-state index contributed by atoms with van der Waals surface area (Å²) in [7, 11) is 0. The third-order valence-electron chi connectivity index (χ3n) is 4.21. The molecule has 2 amide bonds. The Morgan fingerprint density at radius 1 is 1.33 bits per heavy atom. The number of hydrogen-bond donors (Lipinski definition) is 2. The number of carboxylic acids is 1. The van der Waals surface area contributed by atoms with Crippen molar-refractivity contribution in [3.63, 3.8) is 0 Å². The van der Waals surface area contributed by atoms with Gasteiger partial charge >= 0.3 is 12.0 Å². The fourth-order valence-electron chi connectivity index (χ4n) is 2.68. The predicted molar refractivity (Wildman–Crippen MR) is 86.7 cm³/mol. The molecule has 1 aliphatic heterocycles. The van der Waals surface area contributed by atoms with Crippen LogP contribution < -0.4 is 5.32 Å². The van der Waals surface area contributed by atoms with Crippen LogP contribution in [0.3, 0.4) is 0 Å². The molecule has 1 atom stereocenters. The first-order valence-electron chi connectivity index (χ1n) is 7.53. The molecule has 1 saturated heterocycles. The number of amides is 2. The highest BCUT2D eigenvalue weighted by molar-refractivity contribution is 7.98. The number of carboxylic acid groups (broad SMARTS) is 1. The highest BCUT2D eigenvalue weighted by Gasteiger charge is 2.31. The van der Waals surface area contributed by atoms with E-state index in [0.717, 1.165) is 18.6 Å². The number of rotatable bonds is 5. The Labute approximate surface area is 131 Å². The average Bonchev–Trinajstić information content (AvgIpc) is 2.42. The highest BCUT2D eigenvalue weighted by Crippen LogP contribution is 2.34. The van der Waals surface area contributed by atoms with Gasteiger partial charge in [-0.25, -0.2) is 9.59 Å². The third-order valence-corrected chi connectivity index (χ3v) is 4.86. The molecule has 1 aliphatic rings. The third kappa shape index (κ3) is 5.77. The summed E-state index contributed by atoms with van der Waals surface area (Å²) in [6, 6.07) is -1.03. The van der Waals surface area contributed by atoms with Crippen molar-refractivity contribution in [2.45, 2.75) is 46.1 Å². The second-order valence-electron chi connectivity index (χ2n) is 6.75. The lowest BCUT2D eigenvalue weighted by molar-refractivity contribution is -0.139. The number of carbonyl (C=O) groups excluding carboxylic acids is 1. The molecule has 21 heavy (non-hydrogen) atoms. The first-order chi connectivity index (χ1) is 9.75. The van der Waals surface area contributed by atoms with Crippen molar-refractivity contribution >= 4 is 23.8 Å². The molecule has 0 aromatic rings. The van der Waals surface area contributed by atoms with Gasteiger partial charge in [-0.05, 0) is 42.6 Å². The number of nitrogens with one attached hydrogen (secondary N) is 1. The van der Waals surface area contributed by atoms with E-state index in [1.54, 1.807) is 16.7 Å². The minimum absolute atomic E-state index is 0.240. The van der Waals surface area contributed by atoms with E-state index in [1.165, 1.54) is 0 Å². The molecule has 5 nitrogen and oxygen atoms in total. The van der Waals surface area contributed by atoms with Crippen molar-refractivity contribution in [3.8, 4) is 0 Å². The van der Waals surface area contributed by atoms with Crippen LogP contribution in [0, 0.1) is 11.3 Å². The van der Waals surface area contributed by atoms with Crippen molar-refractivity contribution in [1.82, 2.24) is 10.2 Å². The normalized spacial score (nSPS) is 18.4. The Balaban J connectivity index is 2.47. The van der Waals surface area contributed by atoms with Gasteiger partial charge in [0.25, 0.3) is 0 Å². The van der Waals surface area contributed by atoms with E-state index in [9.17, 15) is 9.59 Å². The van der Waals surface area contributed by atoms with Gasteiger partial charge in [-0.1, -0.05) is 20.8 Å². The Morgan fingerprint density at radius 3 is 2.33 bits per heavy atom. The maximum atomic E-state index is 12.2. The molecule has 0 aromatic carbocycles. The Morgan fingerprint density at radius 2 is 1.90 bits per heavy atom. The summed E-state index contributed by atoms with van der Waals surface area (Å²) >= 11 is 1.58. The van der Waals surface area contributed by atoms with Gasteiger partial charge in [0.05, 0.1) is 0 Å². The largest absolute Gasteiger partial charge is 0.480 e. The van der Waals surface area contributed by atoms with Crippen LogP contribution in [0.1, 0.15) is 40.0 Å².